The molecule has 0 heterocycles. The van der Waals surface area contributed by atoms with E-state index in [0.29, 0.717) is 5.56 Å². The van der Waals surface area contributed by atoms with Crippen molar-refractivity contribution in [1.82, 2.24) is 0 Å². The zero-order chi connectivity index (χ0) is 13.1. The van der Waals surface area contributed by atoms with E-state index in [1.807, 2.05) is 0 Å². The van der Waals surface area contributed by atoms with Gasteiger partial charge in [0.25, 0.3) is 0 Å². The van der Waals surface area contributed by atoms with E-state index in [1.54, 1.807) is 6.92 Å². The van der Waals surface area contributed by atoms with Gasteiger partial charge >= 0.3 is 12.1 Å². The highest BCUT2D eigenvalue weighted by Gasteiger charge is 2.30. The topological polar surface area (TPSA) is 26.3 Å². The normalized spacial score (nSPS) is 13.2. The highest BCUT2D eigenvalue weighted by atomic mass is 19.4. The second-order valence-electron chi connectivity index (χ2n) is 3.80. The minimum absolute atomic E-state index is 0.155. The zero-order valence-electron chi connectivity index (χ0n) is 9.54. The van der Waals surface area contributed by atoms with Crippen molar-refractivity contribution in [1.29, 1.82) is 0 Å². The first-order valence-corrected chi connectivity index (χ1v) is 5.08. The Kier molecular flexibility index (Phi) is 4.15. The molecule has 17 heavy (non-hydrogen) atoms. The van der Waals surface area contributed by atoms with Gasteiger partial charge in [0.1, 0.15) is 0 Å². The van der Waals surface area contributed by atoms with Crippen LogP contribution in [0.1, 0.15) is 30.4 Å². The lowest BCUT2D eigenvalue weighted by Crippen LogP contribution is -2.07. The van der Waals surface area contributed by atoms with E-state index >= 15 is 0 Å². The molecule has 0 aliphatic carbocycles. The molecule has 1 rings (SSSR count). The van der Waals surface area contributed by atoms with Crippen molar-refractivity contribution in [3.63, 3.8) is 0 Å². The molecule has 0 aromatic heterocycles. The summed E-state index contributed by atoms with van der Waals surface area (Å²) in [5.41, 5.74) is -0.00471. The van der Waals surface area contributed by atoms with Crippen LogP contribution < -0.4 is 0 Å². The van der Waals surface area contributed by atoms with Crippen LogP contribution in [0.5, 0.6) is 0 Å². The average molecular weight is 246 g/mol. The Morgan fingerprint density at radius 2 is 1.82 bits per heavy atom. The molecule has 0 fully saturated rings. The number of benzene rings is 1. The third kappa shape index (κ3) is 3.76. The molecule has 0 aliphatic rings. The predicted octanol–water partition coefficient (Wildman–Crippen LogP) is 3.37. The molecule has 2 nitrogen and oxygen atoms in total. The summed E-state index contributed by atoms with van der Waals surface area (Å²) < 4.78 is 41.4. The highest BCUT2D eigenvalue weighted by molar-refractivity contribution is 5.70. The van der Waals surface area contributed by atoms with E-state index in [0.717, 1.165) is 12.1 Å². The van der Waals surface area contributed by atoms with Crippen molar-refractivity contribution >= 4 is 5.97 Å². The fraction of sp³-hybridized carbons (Fsp3) is 0.417. The zero-order valence-corrected chi connectivity index (χ0v) is 9.54. The second kappa shape index (κ2) is 5.21. The van der Waals surface area contributed by atoms with Gasteiger partial charge in [-0.25, -0.2) is 0 Å². The van der Waals surface area contributed by atoms with Crippen molar-refractivity contribution in [2.45, 2.75) is 25.4 Å². The maximum atomic E-state index is 12.3. The van der Waals surface area contributed by atoms with Gasteiger partial charge in [0, 0.05) is 0 Å². The first-order valence-electron chi connectivity index (χ1n) is 5.08. The Balaban J connectivity index is 2.77. The van der Waals surface area contributed by atoms with Gasteiger partial charge in [-0.2, -0.15) is 13.2 Å². The van der Waals surface area contributed by atoms with E-state index in [2.05, 4.69) is 4.74 Å². The van der Waals surface area contributed by atoms with Gasteiger partial charge in [0.05, 0.1) is 19.1 Å². The van der Waals surface area contributed by atoms with E-state index in [-0.39, 0.29) is 18.3 Å². The maximum Gasteiger partial charge on any atom is 0.416 e. The molecule has 0 N–H and O–H groups in total. The van der Waals surface area contributed by atoms with Crippen molar-refractivity contribution in [3.8, 4) is 0 Å². The first kappa shape index (κ1) is 13.5. The maximum absolute atomic E-state index is 12.3. The summed E-state index contributed by atoms with van der Waals surface area (Å²) in [6, 6.07) is 4.80. The number of hydrogen-bond acceptors (Lipinski definition) is 2. The molecule has 1 atom stereocenters. The standard InChI is InChI=1S/C12H13F3O2/c1-8(7-11(16)17-2)9-3-5-10(6-4-9)12(13,14)15/h3-6,8H,7H2,1-2H3. The SMILES string of the molecule is COC(=O)CC(C)c1ccc(C(F)(F)F)cc1. The lowest BCUT2D eigenvalue weighted by Gasteiger charge is -2.12. The molecule has 1 aromatic carbocycles. The lowest BCUT2D eigenvalue weighted by molar-refractivity contribution is -0.141. The summed E-state index contributed by atoms with van der Waals surface area (Å²) in [5.74, 6) is -0.540. The molecule has 0 saturated carbocycles. The second-order valence-corrected chi connectivity index (χ2v) is 3.80. The Morgan fingerprint density at radius 3 is 2.24 bits per heavy atom. The van der Waals surface area contributed by atoms with Crippen LogP contribution in [-0.4, -0.2) is 13.1 Å². The van der Waals surface area contributed by atoms with Gasteiger partial charge in [0.15, 0.2) is 0 Å². The Hall–Kier alpha value is -1.52. The van der Waals surface area contributed by atoms with Gasteiger partial charge in [-0.3, -0.25) is 4.79 Å². The van der Waals surface area contributed by atoms with Crippen molar-refractivity contribution in [3.05, 3.63) is 35.4 Å². The monoisotopic (exact) mass is 246 g/mol. The summed E-state index contributed by atoms with van der Waals surface area (Å²) in [7, 11) is 1.28. The van der Waals surface area contributed by atoms with Crippen LogP contribution in [0.4, 0.5) is 13.2 Å². The fourth-order valence-electron chi connectivity index (χ4n) is 1.45. The quantitative estimate of drug-likeness (QED) is 0.764. The largest absolute Gasteiger partial charge is 0.469 e. The molecule has 1 aromatic rings. The van der Waals surface area contributed by atoms with Gasteiger partial charge in [-0.15, -0.1) is 0 Å². The number of ether oxygens (including phenoxy) is 1. The van der Waals surface area contributed by atoms with Crippen LogP contribution in [0, 0.1) is 0 Å². The number of carbonyl (C=O) groups is 1. The highest BCUT2D eigenvalue weighted by Crippen LogP contribution is 2.30. The Morgan fingerprint density at radius 1 is 1.29 bits per heavy atom. The minimum atomic E-state index is -4.33. The summed E-state index contributed by atoms with van der Waals surface area (Å²) in [5, 5.41) is 0. The molecule has 0 spiro atoms. The molecule has 94 valence electrons. The van der Waals surface area contributed by atoms with Crippen molar-refractivity contribution in [2.75, 3.05) is 7.11 Å². The Labute approximate surface area is 97.4 Å². The number of rotatable bonds is 3. The third-order valence-electron chi connectivity index (χ3n) is 2.51. The summed E-state index contributed by atoms with van der Waals surface area (Å²) in [6.45, 7) is 1.76. The summed E-state index contributed by atoms with van der Waals surface area (Å²) >= 11 is 0. The molecule has 1 unspecified atom stereocenters. The minimum Gasteiger partial charge on any atom is -0.469 e. The van der Waals surface area contributed by atoms with Gasteiger partial charge in [0.2, 0.25) is 0 Å². The van der Waals surface area contributed by atoms with Crippen LogP contribution >= 0.6 is 0 Å². The van der Waals surface area contributed by atoms with Crippen LogP contribution in [0.25, 0.3) is 0 Å². The smallest absolute Gasteiger partial charge is 0.416 e. The summed E-state index contributed by atoms with van der Waals surface area (Å²) in [4.78, 5) is 11.0. The molecule has 0 radical (unpaired) electrons. The third-order valence-corrected chi connectivity index (χ3v) is 2.51. The molecule has 0 bridgehead atoms. The molecular weight excluding hydrogens is 233 g/mol. The van der Waals surface area contributed by atoms with E-state index in [4.69, 9.17) is 0 Å². The predicted molar refractivity (Wildman–Crippen MR) is 56.5 cm³/mol. The van der Waals surface area contributed by atoms with Gasteiger partial charge in [-0.1, -0.05) is 19.1 Å². The van der Waals surface area contributed by atoms with E-state index in [9.17, 15) is 18.0 Å². The van der Waals surface area contributed by atoms with Crippen LogP contribution in [0.2, 0.25) is 0 Å². The average Bonchev–Trinajstić information content (AvgIpc) is 2.27. The van der Waals surface area contributed by atoms with E-state index < -0.39 is 11.7 Å². The number of alkyl halides is 3. The Bertz CT molecular complexity index is 382. The number of carbonyl (C=O) groups excluding carboxylic acids is 1. The molecule has 0 aliphatic heterocycles. The number of hydrogen-bond donors (Lipinski definition) is 0. The van der Waals surface area contributed by atoms with Crippen molar-refractivity contribution in [2.24, 2.45) is 0 Å². The van der Waals surface area contributed by atoms with Gasteiger partial charge in [-0.05, 0) is 23.6 Å². The number of methoxy groups -OCH3 is 1. The van der Waals surface area contributed by atoms with Crippen LogP contribution in [0.3, 0.4) is 0 Å². The van der Waals surface area contributed by atoms with Gasteiger partial charge < -0.3 is 4.74 Å². The number of halogens is 3. The molecular formula is C12H13F3O2. The van der Waals surface area contributed by atoms with Crippen LogP contribution in [0.15, 0.2) is 24.3 Å². The van der Waals surface area contributed by atoms with Crippen LogP contribution in [-0.2, 0) is 15.7 Å². The molecule has 5 heteroatoms. The van der Waals surface area contributed by atoms with E-state index in [1.165, 1.54) is 19.2 Å². The molecule has 0 amide bonds. The molecule has 0 saturated heterocycles. The summed E-state index contributed by atoms with van der Waals surface area (Å²) in [6.07, 6.45) is -4.17. The first-order chi connectivity index (χ1) is 7.84. The lowest BCUT2D eigenvalue weighted by atomic mass is 9.97. The number of esters is 1. The van der Waals surface area contributed by atoms with Crippen molar-refractivity contribution < 1.29 is 22.7 Å². The fourth-order valence-corrected chi connectivity index (χ4v) is 1.45.